The van der Waals surface area contributed by atoms with Crippen LogP contribution in [-0.2, 0) is 14.1 Å². The van der Waals surface area contributed by atoms with Gasteiger partial charge in [-0.05, 0) is 44.0 Å². The van der Waals surface area contributed by atoms with Crippen molar-refractivity contribution in [3.05, 3.63) is 98.3 Å². The Balaban J connectivity index is 0.000000191. The molecule has 7 nitrogen and oxygen atoms in total. The Kier molecular flexibility index (Phi) is 7.35. The fourth-order valence-electron chi connectivity index (χ4n) is 4.32. The zero-order valence-electron chi connectivity index (χ0n) is 21.4. The smallest absolute Gasteiger partial charge is 0.295 e. The summed E-state index contributed by atoms with van der Waals surface area (Å²) in [6.07, 6.45) is 0. The molecule has 0 saturated heterocycles. The van der Waals surface area contributed by atoms with Crippen LogP contribution in [0.4, 0.5) is 5.69 Å². The highest BCUT2D eigenvalue weighted by atomic mass is 16.1. The molecule has 2 heterocycles. The third kappa shape index (κ3) is 4.51. The first-order chi connectivity index (χ1) is 16.1. The van der Waals surface area contributed by atoms with Crippen LogP contribution < -0.4 is 16.0 Å². The van der Waals surface area contributed by atoms with Gasteiger partial charge in [0.05, 0.1) is 17.1 Å². The SMILES string of the molecule is Cc1c(C(C)C)c(=O)n(-c2ccccc2)n1C.Cc1c(N(C)C)c(=O)n(-c2ccccc2)n1C. The number of benzene rings is 2. The predicted octanol–water partition coefficient (Wildman–Crippen LogP) is 4.16. The van der Waals surface area contributed by atoms with Gasteiger partial charge in [0, 0.05) is 39.4 Å². The lowest BCUT2D eigenvalue weighted by Gasteiger charge is -2.09. The van der Waals surface area contributed by atoms with E-state index < -0.39 is 0 Å². The van der Waals surface area contributed by atoms with Gasteiger partial charge in [-0.2, -0.15) is 0 Å². The zero-order chi connectivity index (χ0) is 25.2. The van der Waals surface area contributed by atoms with E-state index in [1.54, 1.807) is 9.36 Å². The third-order valence-electron chi connectivity index (χ3n) is 6.15. The van der Waals surface area contributed by atoms with Crippen molar-refractivity contribution in [2.24, 2.45) is 14.1 Å². The number of aromatic nitrogens is 4. The van der Waals surface area contributed by atoms with Crippen molar-refractivity contribution < 1.29 is 0 Å². The molecule has 0 aliphatic heterocycles. The molecule has 0 amide bonds. The molecular formula is C27H35N5O2. The van der Waals surface area contributed by atoms with E-state index in [1.807, 2.05) is 117 Å². The predicted molar refractivity (Wildman–Crippen MR) is 140 cm³/mol. The molecule has 0 aliphatic rings. The number of hydrogen-bond donors (Lipinski definition) is 0. The molecule has 0 fully saturated rings. The van der Waals surface area contributed by atoms with E-state index in [0.29, 0.717) is 0 Å². The average molecular weight is 462 g/mol. The van der Waals surface area contributed by atoms with E-state index in [4.69, 9.17) is 0 Å². The molecule has 180 valence electrons. The van der Waals surface area contributed by atoms with Crippen LogP contribution in [0.2, 0.25) is 0 Å². The molecule has 0 N–H and O–H groups in total. The van der Waals surface area contributed by atoms with E-state index in [-0.39, 0.29) is 17.0 Å². The Morgan fingerprint density at radius 1 is 0.676 bits per heavy atom. The van der Waals surface area contributed by atoms with E-state index in [0.717, 1.165) is 34.0 Å². The lowest BCUT2D eigenvalue weighted by molar-refractivity contribution is 0.630. The van der Waals surface area contributed by atoms with Crippen LogP contribution in [0, 0.1) is 13.8 Å². The summed E-state index contributed by atoms with van der Waals surface area (Å²) < 4.78 is 7.22. The van der Waals surface area contributed by atoms with Crippen LogP contribution in [-0.4, -0.2) is 32.8 Å². The molecule has 0 unspecified atom stereocenters. The van der Waals surface area contributed by atoms with Crippen molar-refractivity contribution in [1.82, 2.24) is 18.7 Å². The molecule has 4 aromatic rings. The van der Waals surface area contributed by atoms with Crippen LogP contribution in [0.1, 0.15) is 36.7 Å². The second kappa shape index (κ2) is 10.0. The largest absolute Gasteiger partial charge is 0.372 e. The van der Waals surface area contributed by atoms with Gasteiger partial charge >= 0.3 is 0 Å². The Labute approximate surface area is 201 Å². The quantitative estimate of drug-likeness (QED) is 0.459. The molecule has 0 bridgehead atoms. The maximum Gasteiger partial charge on any atom is 0.295 e. The molecule has 0 aliphatic carbocycles. The van der Waals surface area contributed by atoms with Crippen molar-refractivity contribution in [1.29, 1.82) is 0 Å². The third-order valence-corrected chi connectivity index (χ3v) is 6.15. The second-order valence-electron chi connectivity index (χ2n) is 8.93. The second-order valence-corrected chi connectivity index (χ2v) is 8.93. The zero-order valence-corrected chi connectivity index (χ0v) is 21.4. The summed E-state index contributed by atoms with van der Waals surface area (Å²) in [6, 6.07) is 19.4. The first kappa shape index (κ1) is 24.9. The van der Waals surface area contributed by atoms with E-state index in [2.05, 4.69) is 13.8 Å². The Bertz CT molecular complexity index is 1260. The first-order valence-corrected chi connectivity index (χ1v) is 11.4. The Morgan fingerprint density at radius 3 is 1.44 bits per heavy atom. The van der Waals surface area contributed by atoms with Crippen molar-refractivity contribution in [2.45, 2.75) is 33.6 Å². The summed E-state index contributed by atoms with van der Waals surface area (Å²) in [4.78, 5) is 26.6. The van der Waals surface area contributed by atoms with Crippen LogP contribution >= 0.6 is 0 Å². The van der Waals surface area contributed by atoms with Crippen LogP contribution in [0.3, 0.4) is 0 Å². The van der Waals surface area contributed by atoms with E-state index in [1.165, 1.54) is 0 Å². The van der Waals surface area contributed by atoms with Gasteiger partial charge in [0.1, 0.15) is 5.69 Å². The molecule has 0 spiro atoms. The highest BCUT2D eigenvalue weighted by molar-refractivity contribution is 5.50. The number of nitrogens with zero attached hydrogens (tertiary/aromatic N) is 5. The number of para-hydroxylation sites is 2. The van der Waals surface area contributed by atoms with Crippen LogP contribution in [0.15, 0.2) is 70.3 Å². The summed E-state index contributed by atoms with van der Waals surface area (Å²) in [7, 11) is 7.60. The van der Waals surface area contributed by atoms with Crippen molar-refractivity contribution >= 4 is 5.69 Å². The van der Waals surface area contributed by atoms with E-state index >= 15 is 0 Å². The lowest BCUT2D eigenvalue weighted by Crippen LogP contribution is -2.23. The van der Waals surface area contributed by atoms with Gasteiger partial charge in [-0.3, -0.25) is 19.0 Å². The van der Waals surface area contributed by atoms with Crippen molar-refractivity contribution in [2.75, 3.05) is 19.0 Å². The van der Waals surface area contributed by atoms with Gasteiger partial charge in [-0.1, -0.05) is 50.2 Å². The molecule has 0 radical (unpaired) electrons. The monoisotopic (exact) mass is 461 g/mol. The minimum Gasteiger partial charge on any atom is -0.372 e. The van der Waals surface area contributed by atoms with Crippen molar-refractivity contribution in [3.63, 3.8) is 0 Å². The van der Waals surface area contributed by atoms with Gasteiger partial charge in [0.2, 0.25) is 0 Å². The molecule has 0 atom stereocenters. The minimum atomic E-state index is 0.0150. The van der Waals surface area contributed by atoms with Gasteiger partial charge in [-0.25, -0.2) is 9.36 Å². The molecular weight excluding hydrogens is 426 g/mol. The van der Waals surface area contributed by atoms with Gasteiger partial charge in [0.25, 0.3) is 11.1 Å². The Hall–Kier alpha value is -3.74. The molecule has 2 aromatic carbocycles. The topological polar surface area (TPSA) is 57.1 Å². The highest BCUT2D eigenvalue weighted by Gasteiger charge is 2.18. The maximum absolute atomic E-state index is 12.4. The normalized spacial score (nSPS) is 10.9. The molecule has 4 rings (SSSR count). The van der Waals surface area contributed by atoms with Crippen LogP contribution in [0.25, 0.3) is 11.4 Å². The maximum atomic E-state index is 12.4. The molecule has 2 aromatic heterocycles. The standard InChI is InChI=1S/C14H18N2O.C13H17N3O/c1-10(2)13-11(3)15(4)16(14(13)17)12-8-6-5-7-9-12;1-10-12(14(2)3)13(17)16(15(10)4)11-8-6-5-7-9-11/h5-10H,1-4H3;5-9H,1-4H3. The molecule has 34 heavy (non-hydrogen) atoms. The highest BCUT2D eigenvalue weighted by Crippen LogP contribution is 2.17. The number of rotatable bonds is 4. The lowest BCUT2D eigenvalue weighted by atomic mass is 10.0. The minimum absolute atomic E-state index is 0.0150. The van der Waals surface area contributed by atoms with Crippen LogP contribution in [0.5, 0.6) is 0 Å². The fraction of sp³-hybridized carbons (Fsp3) is 0.333. The Morgan fingerprint density at radius 2 is 1.09 bits per heavy atom. The molecule has 0 saturated carbocycles. The average Bonchev–Trinajstić information content (AvgIpc) is 3.17. The fourth-order valence-corrected chi connectivity index (χ4v) is 4.32. The summed E-state index contributed by atoms with van der Waals surface area (Å²) in [5, 5.41) is 0. The first-order valence-electron chi connectivity index (χ1n) is 11.4. The van der Waals surface area contributed by atoms with Gasteiger partial charge in [0.15, 0.2) is 0 Å². The van der Waals surface area contributed by atoms with E-state index in [9.17, 15) is 9.59 Å². The number of anilines is 1. The summed E-state index contributed by atoms with van der Waals surface area (Å²) >= 11 is 0. The molecule has 7 heteroatoms. The summed E-state index contributed by atoms with van der Waals surface area (Å²) in [5.41, 5.74) is 5.53. The summed E-state index contributed by atoms with van der Waals surface area (Å²) in [6.45, 7) is 8.06. The summed E-state index contributed by atoms with van der Waals surface area (Å²) in [5.74, 6) is 0.249. The van der Waals surface area contributed by atoms with Crippen molar-refractivity contribution in [3.8, 4) is 11.4 Å². The van der Waals surface area contributed by atoms with Gasteiger partial charge < -0.3 is 4.90 Å². The number of hydrogen-bond acceptors (Lipinski definition) is 3. The van der Waals surface area contributed by atoms with Gasteiger partial charge in [-0.15, -0.1) is 0 Å².